The van der Waals surface area contributed by atoms with Crippen LogP contribution in [-0.2, 0) is 11.2 Å². The lowest BCUT2D eigenvalue weighted by Gasteiger charge is -2.28. The molecule has 0 spiro atoms. The van der Waals surface area contributed by atoms with Crippen LogP contribution < -0.4 is 4.74 Å². The van der Waals surface area contributed by atoms with Crippen LogP contribution in [0.4, 0.5) is 0 Å². The first-order valence-corrected chi connectivity index (χ1v) is 8.35. The first kappa shape index (κ1) is 15.4. The number of para-hydroxylation sites is 1. The van der Waals surface area contributed by atoms with Crippen LogP contribution in [0, 0.1) is 0 Å². The third-order valence-electron chi connectivity index (χ3n) is 3.95. The Morgan fingerprint density at radius 1 is 1.35 bits per heavy atom. The minimum atomic E-state index is 0.209. The van der Waals surface area contributed by atoms with Gasteiger partial charge in [0.15, 0.2) is 0 Å². The second-order valence-electron chi connectivity index (χ2n) is 5.20. The van der Waals surface area contributed by atoms with E-state index < -0.39 is 0 Å². The van der Waals surface area contributed by atoms with Crippen LogP contribution in [0.25, 0.3) is 0 Å². The number of carbonyl (C=O) groups excluding carboxylic acids is 1. The molecule has 1 aliphatic carbocycles. The van der Waals surface area contributed by atoms with Gasteiger partial charge in [0.1, 0.15) is 5.75 Å². The molecule has 0 N–H and O–H groups in total. The van der Waals surface area contributed by atoms with E-state index in [2.05, 4.69) is 15.9 Å². The van der Waals surface area contributed by atoms with Crippen molar-refractivity contribution >= 4 is 21.8 Å². The first-order chi connectivity index (χ1) is 9.76. The zero-order valence-electron chi connectivity index (χ0n) is 12.0. The van der Waals surface area contributed by atoms with Crippen molar-refractivity contribution in [3.63, 3.8) is 0 Å². The Bertz CT molecular complexity index is 444. The number of rotatable bonds is 6. The molecular weight excluding hydrogens is 318 g/mol. The summed E-state index contributed by atoms with van der Waals surface area (Å²) in [6.45, 7) is 0.790. The number of hydrogen-bond donors (Lipinski definition) is 0. The van der Waals surface area contributed by atoms with Gasteiger partial charge in [0.05, 0.1) is 13.5 Å². The van der Waals surface area contributed by atoms with Crippen molar-refractivity contribution in [3.8, 4) is 5.75 Å². The Kier molecular flexibility index (Phi) is 5.89. The molecule has 0 radical (unpaired) electrons. The largest absolute Gasteiger partial charge is 0.496 e. The van der Waals surface area contributed by atoms with Crippen LogP contribution >= 0.6 is 15.9 Å². The predicted molar refractivity (Wildman–Crippen MR) is 84.5 cm³/mol. The van der Waals surface area contributed by atoms with Gasteiger partial charge in [-0.2, -0.15) is 0 Å². The Labute approximate surface area is 129 Å². The molecule has 1 saturated carbocycles. The van der Waals surface area contributed by atoms with E-state index >= 15 is 0 Å². The van der Waals surface area contributed by atoms with Crippen molar-refractivity contribution in [1.29, 1.82) is 0 Å². The number of amides is 1. The van der Waals surface area contributed by atoms with Gasteiger partial charge in [-0.3, -0.25) is 4.79 Å². The number of benzene rings is 1. The summed E-state index contributed by atoms with van der Waals surface area (Å²) in [5, 5.41) is 0.834. The standard InChI is InChI=1S/C16H22BrNO2/c1-20-15-9-5-2-6-13(15)12-16(19)18(11-10-17)14-7-3-4-8-14/h2,5-6,9,14H,3-4,7-8,10-12H2,1H3. The third kappa shape index (κ3) is 3.75. The van der Waals surface area contributed by atoms with E-state index in [-0.39, 0.29) is 5.91 Å². The molecule has 0 saturated heterocycles. The summed E-state index contributed by atoms with van der Waals surface area (Å²) < 4.78 is 5.33. The molecule has 4 heteroatoms. The molecule has 3 nitrogen and oxygen atoms in total. The third-order valence-corrected chi connectivity index (χ3v) is 4.30. The fraction of sp³-hybridized carbons (Fsp3) is 0.562. The SMILES string of the molecule is COc1ccccc1CC(=O)N(CCBr)C1CCCC1. The highest BCUT2D eigenvalue weighted by Crippen LogP contribution is 2.25. The summed E-state index contributed by atoms with van der Waals surface area (Å²) in [4.78, 5) is 14.7. The molecule has 2 rings (SSSR count). The molecule has 1 aromatic rings. The Balaban J connectivity index is 2.07. The quantitative estimate of drug-likeness (QED) is 0.743. The highest BCUT2D eigenvalue weighted by Gasteiger charge is 2.26. The van der Waals surface area contributed by atoms with E-state index in [4.69, 9.17) is 4.74 Å². The van der Waals surface area contributed by atoms with Crippen molar-refractivity contribution in [1.82, 2.24) is 4.90 Å². The normalized spacial score (nSPS) is 15.3. The lowest BCUT2D eigenvalue weighted by molar-refractivity contribution is -0.132. The summed E-state index contributed by atoms with van der Waals surface area (Å²) in [5.74, 6) is 1.01. The van der Waals surface area contributed by atoms with Gasteiger partial charge >= 0.3 is 0 Å². The molecule has 0 heterocycles. The number of methoxy groups -OCH3 is 1. The monoisotopic (exact) mass is 339 g/mol. The molecule has 1 aliphatic rings. The molecule has 20 heavy (non-hydrogen) atoms. The van der Waals surface area contributed by atoms with Crippen molar-refractivity contribution in [3.05, 3.63) is 29.8 Å². The van der Waals surface area contributed by atoms with Crippen LogP contribution in [0.3, 0.4) is 0 Å². The van der Waals surface area contributed by atoms with Gasteiger partial charge in [-0.25, -0.2) is 0 Å². The van der Waals surface area contributed by atoms with Crippen molar-refractivity contribution in [2.75, 3.05) is 19.0 Å². The van der Waals surface area contributed by atoms with Gasteiger partial charge in [-0.1, -0.05) is 47.0 Å². The zero-order valence-corrected chi connectivity index (χ0v) is 13.6. The van der Waals surface area contributed by atoms with Gasteiger partial charge in [-0.15, -0.1) is 0 Å². The molecule has 0 bridgehead atoms. The molecule has 1 amide bonds. The molecule has 0 atom stereocenters. The summed E-state index contributed by atoms with van der Waals surface area (Å²) >= 11 is 3.46. The number of ether oxygens (including phenoxy) is 1. The van der Waals surface area contributed by atoms with Crippen LogP contribution in [0.15, 0.2) is 24.3 Å². The van der Waals surface area contributed by atoms with E-state index in [1.807, 2.05) is 29.2 Å². The highest BCUT2D eigenvalue weighted by atomic mass is 79.9. The second kappa shape index (κ2) is 7.67. The summed E-state index contributed by atoms with van der Waals surface area (Å²) in [6.07, 6.45) is 5.19. The zero-order chi connectivity index (χ0) is 14.4. The Morgan fingerprint density at radius 2 is 2.05 bits per heavy atom. The second-order valence-corrected chi connectivity index (χ2v) is 6.00. The summed E-state index contributed by atoms with van der Waals surface area (Å²) in [7, 11) is 1.65. The molecule has 110 valence electrons. The number of nitrogens with zero attached hydrogens (tertiary/aromatic N) is 1. The smallest absolute Gasteiger partial charge is 0.227 e. The lowest BCUT2D eigenvalue weighted by atomic mass is 10.1. The number of hydrogen-bond acceptors (Lipinski definition) is 2. The van der Waals surface area contributed by atoms with Gasteiger partial charge in [0.25, 0.3) is 0 Å². The van der Waals surface area contributed by atoms with Crippen LogP contribution in [0.1, 0.15) is 31.2 Å². The number of halogens is 1. The molecule has 0 aromatic heterocycles. The molecule has 0 unspecified atom stereocenters. The van der Waals surface area contributed by atoms with E-state index in [1.54, 1.807) is 7.11 Å². The van der Waals surface area contributed by atoms with Gasteiger partial charge in [0, 0.05) is 23.5 Å². The van der Waals surface area contributed by atoms with E-state index in [0.29, 0.717) is 12.5 Å². The van der Waals surface area contributed by atoms with Crippen molar-refractivity contribution < 1.29 is 9.53 Å². The Morgan fingerprint density at radius 3 is 2.70 bits per heavy atom. The van der Waals surface area contributed by atoms with Crippen LogP contribution in [-0.4, -0.2) is 35.8 Å². The average Bonchev–Trinajstić information content (AvgIpc) is 2.99. The van der Waals surface area contributed by atoms with Crippen LogP contribution in [0.5, 0.6) is 5.75 Å². The molecule has 1 aromatic carbocycles. The van der Waals surface area contributed by atoms with Gasteiger partial charge in [0.2, 0.25) is 5.91 Å². The van der Waals surface area contributed by atoms with Crippen LogP contribution in [0.2, 0.25) is 0 Å². The Hall–Kier alpha value is -1.03. The lowest BCUT2D eigenvalue weighted by Crippen LogP contribution is -2.41. The van der Waals surface area contributed by atoms with E-state index in [0.717, 1.165) is 36.0 Å². The van der Waals surface area contributed by atoms with Crippen molar-refractivity contribution in [2.45, 2.75) is 38.1 Å². The molecule has 1 fully saturated rings. The minimum Gasteiger partial charge on any atom is -0.496 e. The van der Waals surface area contributed by atoms with E-state index in [9.17, 15) is 4.79 Å². The fourth-order valence-corrected chi connectivity index (χ4v) is 3.31. The number of carbonyl (C=O) groups is 1. The number of alkyl halides is 1. The summed E-state index contributed by atoms with van der Waals surface area (Å²) in [6, 6.07) is 8.19. The highest BCUT2D eigenvalue weighted by molar-refractivity contribution is 9.09. The maximum atomic E-state index is 12.6. The molecular formula is C16H22BrNO2. The van der Waals surface area contributed by atoms with E-state index in [1.165, 1.54) is 12.8 Å². The van der Waals surface area contributed by atoms with Gasteiger partial charge < -0.3 is 9.64 Å². The maximum absolute atomic E-state index is 12.6. The predicted octanol–water partition coefficient (Wildman–Crippen LogP) is 3.40. The fourth-order valence-electron chi connectivity index (χ4n) is 2.93. The molecule has 0 aliphatic heterocycles. The van der Waals surface area contributed by atoms with Crippen molar-refractivity contribution in [2.24, 2.45) is 0 Å². The minimum absolute atomic E-state index is 0.209. The first-order valence-electron chi connectivity index (χ1n) is 7.23. The van der Waals surface area contributed by atoms with Gasteiger partial charge in [-0.05, 0) is 18.9 Å². The average molecular weight is 340 g/mol. The topological polar surface area (TPSA) is 29.5 Å². The maximum Gasteiger partial charge on any atom is 0.227 e. The summed E-state index contributed by atoms with van der Waals surface area (Å²) in [5.41, 5.74) is 0.970.